The molecule has 0 saturated carbocycles. The second-order valence-electron chi connectivity index (χ2n) is 10.3. The van der Waals surface area contributed by atoms with E-state index in [9.17, 15) is 24.3 Å². The topological polar surface area (TPSA) is 247 Å². The Morgan fingerprint density at radius 1 is 0.930 bits per heavy atom. The molecule has 1 aromatic carbocycles. The minimum Gasteiger partial charge on any atom is -0.462 e. The second-order valence-corrected chi connectivity index (χ2v) is 10.3. The van der Waals surface area contributed by atoms with Gasteiger partial charge < -0.3 is 51.5 Å². The molecule has 1 saturated heterocycles. The Morgan fingerprint density at radius 2 is 1.53 bits per heavy atom. The lowest BCUT2D eigenvalue weighted by atomic mass is 10.1. The number of hydrogen-bond acceptors (Lipinski definition) is 15. The van der Waals surface area contributed by atoms with Gasteiger partial charge in [0, 0.05) is 12.6 Å². The van der Waals surface area contributed by atoms with Gasteiger partial charge in [0.05, 0.1) is 32.0 Å². The van der Waals surface area contributed by atoms with Crippen molar-refractivity contribution >= 4 is 23.9 Å². The van der Waals surface area contributed by atoms with Crippen molar-refractivity contribution in [3.63, 3.8) is 0 Å². The van der Waals surface area contributed by atoms with E-state index in [1.54, 1.807) is 11.8 Å². The molecular weight excluding hydrogens is 568 g/mol. The van der Waals surface area contributed by atoms with Crippen molar-refractivity contribution in [1.29, 1.82) is 0 Å². The van der Waals surface area contributed by atoms with Gasteiger partial charge in [0.2, 0.25) is 0 Å². The van der Waals surface area contributed by atoms with Crippen LogP contribution in [0.2, 0.25) is 0 Å². The summed E-state index contributed by atoms with van der Waals surface area (Å²) in [5.41, 5.74) is 18.1. The van der Waals surface area contributed by atoms with Gasteiger partial charge in [-0.2, -0.15) is 0 Å². The van der Waals surface area contributed by atoms with E-state index in [0.29, 0.717) is 19.8 Å². The van der Waals surface area contributed by atoms with Crippen LogP contribution >= 0.6 is 0 Å². The summed E-state index contributed by atoms with van der Waals surface area (Å²) in [5.74, 6) is -3.71. The SMILES string of the molecule is CC(O)COCCO.CC1CN1[C@@H](COC(=O)[C@@H](N)[C@@H](C)OC(=O)[C@@H](N)Cc1ccccc1)C(=O)OC(=O)[C@@H](N)[C@@H](C)O. The van der Waals surface area contributed by atoms with Gasteiger partial charge >= 0.3 is 23.9 Å². The van der Waals surface area contributed by atoms with Crippen molar-refractivity contribution in [1.82, 2.24) is 4.90 Å². The standard InChI is InChI=1S/C23H34N4O8.C5H12O3/c1-12-10-27(12)17(21(30)35-23(32)18(25)13(2)28)11-33-22(31)19(26)14(3)34-20(29)16(24)9-15-7-5-4-6-8-15;1-5(7)4-8-3-2-6/h4-8,12-14,16-19,28H,9-11,24-26H2,1-3H3;5-7H,2-4H2,1H3/t12?,13-,14-,16+,17+,18+,19+,27?;/m1./s1. The highest BCUT2D eigenvalue weighted by Crippen LogP contribution is 2.22. The monoisotopic (exact) mass is 614 g/mol. The van der Waals surface area contributed by atoms with E-state index in [-0.39, 0.29) is 19.1 Å². The number of nitrogens with two attached hydrogens (primary N) is 3. The summed E-state index contributed by atoms with van der Waals surface area (Å²) in [6.45, 7) is 6.89. The highest BCUT2D eigenvalue weighted by Gasteiger charge is 2.43. The van der Waals surface area contributed by atoms with Crippen molar-refractivity contribution < 1.29 is 53.4 Å². The van der Waals surface area contributed by atoms with E-state index in [1.807, 2.05) is 37.3 Å². The van der Waals surface area contributed by atoms with Crippen LogP contribution in [0.5, 0.6) is 0 Å². The zero-order chi connectivity index (χ0) is 32.7. The van der Waals surface area contributed by atoms with E-state index in [4.69, 9.17) is 46.4 Å². The molecule has 0 radical (unpaired) electrons. The maximum absolute atomic E-state index is 12.5. The molecule has 1 aliphatic heterocycles. The summed E-state index contributed by atoms with van der Waals surface area (Å²) >= 11 is 0. The molecule has 15 nitrogen and oxygen atoms in total. The summed E-state index contributed by atoms with van der Waals surface area (Å²) in [6, 6.07) is 4.39. The molecule has 0 amide bonds. The molecule has 15 heteroatoms. The minimum absolute atomic E-state index is 0.00597. The first-order valence-electron chi connectivity index (χ1n) is 13.9. The Morgan fingerprint density at radius 3 is 2.05 bits per heavy atom. The second kappa shape index (κ2) is 19.3. The zero-order valence-corrected chi connectivity index (χ0v) is 25.0. The van der Waals surface area contributed by atoms with Crippen LogP contribution in [0.25, 0.3) is 0 Å². The maximum Gasteiger partial charge on any atom is 0.334 e. The number of aliphatic hydroxyl groups is 3. The molecule has 1 heterocycles. The Kier molecular flexibility index (Phi) is 17.1. The molecule has 0 aromatic heterocycles. The minimum atomic E-state index is -1.40. The van der Waals surface area contributed by atoms with Gasteiger partial charge in [0.15, 0.2) is 0 Å². The lowest BCUT2D eigenvalue weighted by Crippen LogP contribution is -2.48. The fourth-order valence-corrected chi connectivity index (χ4v) is 3.49. The first kappa shape index (κ1) is 38.0. The van der Waals surface area contributed by atoms with Crippen LogP contribution in [0, 0.1) is 0 Å². The highest BCUT2D eigenvalue weighted by atomic mass is 16.6. The van der Waals surface area contributed by atoms with E-state index in [0.717, 1.165) is 5.56 Å². The molecule has 0 bridgehead atoms. The van der Waals surface area contributed by atoms with Gasteiger partial charge in [-0.15, -0.1) is 0 Å². The summed E-state index contributed by atoms with van der Waals surface area (Å²) in [6.07, 6.45) is -2.44. The molecule has 3 unspecified atom stereocenters. The van der Waals surface area contributed by atoms with Gasteiger partial charge in [0.1, 0.15) is 36.9 Å². The van der Waals surface area contributed by atoms with Crippen molar-refractivity contribution in [2.24, 2.45) is 17.2 Å². The molecule has 1 aromatic rings. The number of benzene rings is 1. The van der Waals surface area contributed by atoms with E-state index in [2.05, 4.69) is 0 Å². The number of aliphatic hydroxyl groups excluding tert-OH is 3. The normalized spacial score (nSPS) is 20.5. The number of hydrogen-bond donors (Lipinski definition) is 6. The van der Waals surface area contributed by atoms with Crippen molar-refractivity contribution in [3.8, 4) is 0 Å². The predicted molar refractivity (Wildman–Crippen MR) is 153 cm³/mol. The van der Waals surface area contributed by atoms with Gasteiger partial charge in [0.25, 0.3) is 0 Å². The molecule has 1 fully saturated rings. The molecule has 43 heavy (non-hydrogen) atoms. The van der Waals surface area contributed by atoms with Crippen molar-refractivity contribution in [2.45, 2.75) is 82.6 Å². The van der Waals surface area contributed by atoms with Crippen LogP contribution in [0.4, 0.5) is 0 Å². The van der Waals surface area contributed by atoms with E-state index < -0.39 is 73.0 Å². The number of esters is 4. The van der Waals surface area contributed by atoms with Gasteiger partial charge in [-0.3, -0.25) is 14.5 Å². The number of carbonyl (C=O) groups is 4. The predicted octanol–water partition coefficient (Wildman–Crippen LogP) is -2.41. The van der Waals surface area contributed by atoms with Crippen LogP contribution < -0.4 is 17.2 Å². The molecule has 0 aliphatic carbocycles. The molecule has 244 valence electrons. The molecule has 1 aliphatic rings. The lowest BCUT2D eigenvalue weighted by Gasteiger charge is -2.23. The van der Waals surface area contributed by atoms with E-state index >= 15 is 0 Å². The van der Waals surface area contributed by atoms with Gasteiger partial charge in [-0.1, -0.05) is 30.3 Å². The average molecular weight is 615 g/mol. The molecule has 2 rings (SSSR count). The summed E-state index contributed by atoms with van der Waals surface area (Å²) in [5, 5.41) is 26.1. The van der Waals surface area contributed by atoms with Crippen LogP contribution in [-0.4, -0.2) is 126 Å². The fourth-order valence-electron chi connectivity index (χ4n) is 3.49. The third kappa shape index (κ3) is 14.3. The number of rotatable bonds is 16. The lowest BCUT2D eigenvalue weighted by molar-refractivity contribution is -0.166. The van der Waals surface area contributed by atoms with Gasteiger partial charge in [-0.25, -0.2) is 9.59 Å². The Hall–Kier alpha value is -3.02. The van der Waals surface area contributed by atoms with Gasteiger partial charge in [-0.05, 0) is 39.7 Å². The first-order chi connectivity index (χ1) is 20.2. The van der Waals surface area contributed by atoms with E-state index in [1.165, 1.54) is 13.8 Å². The molecule has 9 N–H and O–H groups in total. The van der Waals surface area contributed by atoms with Crippen LogP contribution in [0.3, 0.4) is 0 Å². The summed E-state index contributed by atoms with van der Waals surface area (Å²) in [4.78, 5) is 50.7. The number of nitrogens with zero attached hydrogens (tertiary/aromatic N) is 1. The summed E-state index contributed by atoms with van der Waals surface area (Å²) in [7, 11) is 0. The summed E-state index contributed by atoms with van der Waals surface area (Å²) < 4.78 is 19.9. The largest absolute Gasteiger partial charge is 0.462 e. The molecular formula is C28H46N4O11. The van der Waals surface area contributed by atoms with Crippen molar-refractivity contribution in [3.05, 3.63) is 35.9 Å². The Balaban J connectivity index is 0.00000101. The van der Waals surface area contributed by atoms with Crippen LogP contribution in [0.15, 0.2) is 30.3 Å². The average Bonchev–Trinajstić information content (AvgIpc) is 3.68. The Labute approximate surface area is 251 Å². The van der Waals surface area contributed by atoms with Crippen molar-refractivity contribution in [2.75, 3.05) is 33.0 Å². The third-order valence-electron chi connectivity index (χ3n) is 6.23. The fraction of sp³-hybridized carbons (Fsp3) is 0.643. The zero-order valence-electron chi connectivity index (χ0n) is 25.0. The molecule has 9 atom stereocenters. The number of ether oxygens (including phenoxy) is 4. The third-order valence-corrected chi connectivity index (χ3v) is 6.23. The quantitative estimate of drug-likeness (QED) is 0.0373. The smallest absolute Gasteiger partial charge is 0.334 e. The first-order valence-corrected chi connectivity index (χ1v) is 13.9. The highest BCUT2D eigenvalue weighted by molar-refractivity contribution is 5.91. The van der Waals surface area contributed by atoms with Crippen LogP contribution in [-0.2, 0) is 44.5 Å². The van der Waals surface area contributed by atoms with Crippen LogP contribution in [0.1, 0.15) is 33.3 Å². The Bertz CT molecular complexity index is 1010. The number of carbonyl (C=O) groups excluding carboxylic acids is 4. The maximum atomic E-state index is 12.5. The molecule has 0 spiro atoms.